The molecule has 3 heterocycles. The number of hydrogen-bond donors (Lipinski definition) is 0. The summed E-state index contributed by atoms with van der Waals surface area (Å²) in [7, 11) is -2.69. The van der Waals surface area contributed by atoms with Gasteiger partial charge in [-0.25, -0.2) is 0 Å². The normalized spacial score (nSPS) is 12.0. The second-order valence-electron chi connectivity index (χ2n) is 18.5. The zero-order chi connectivity index (χ0) is 46.2. The molecule has 0 N–H and O–H groups in total. The fourth-order valence-corrected chi connectivity index (χ4v) is 16.5. The Bertz CT molecular complexity index is 4170. The quantitative estimate of drug-likeness (QED) is 0.107. The van der Waals surface area contributed by atoms with Crippen LogP contribution in [0.4, 0.5) is 0 Å². The monoisotopic (exact) mass is 907 g/mol. The zero-order valence-corrected chi connectivity index (χ0v) is 39.3. The maximum absolute atomic E-state index is 2.69. The first kappa shape index (κ1) is 40.1. The minimum Gasteiger partial charge on any atom is -0.309 e. The van der Waals surface area contributed by atoms with Crippen molar-refractivity contribution in [2.45, 2.75) is 0 Å². The molecule has 0 bridgehead atoms. The number of fused-ring (bicyclic) bond motifs is 9. The van der Waals surface area contributed by atoms with Crippen LogP contribution in [0.15, 0.2) is 273 Å². The topological polar surface area (TPSA) is 14.8 Å². The molecule has 0 aliphatic heterocycles. The molecule has 11 aromatic carbocycles. The van der Waals surface area contributed by atoms with E-state index < -0.39 is 8.07 Å². The van der Waals surface area contributed by atoms with E-state index in [0.29, 0.717) is 0 Å². The molecule has 0 aliphatic carbocycles. The Morgan fingerprint density at radius 3 is 1.11 bits per heavy atom. The standard InChI is InChI=1S/C66H45N3Si/c1-5-19-46(20-6-1)47-33-40-58-55-27-14-17-31-62(55)69(65(58)43-47)49-37-42-64-60(44-49)57-29-15-18-32-63(57)68(64)50-36-41-59-56-28-13-16-30-61(56)67(66(59)45-50)48-34-38-54(39-35-48)70(51-21-7-2-8-22-51,52-23-9-3-10-24-52)53-25-11-4-12-26-53/h1-45H. The van der Waals surface area contributed by atoms with E-state index in [4.69, 9.17) is 0 Å². The second-order valence-corrected chi connectivity index (χ2v) is 22.3. The van der Waals surface area contributed by atoms with Gasteiger partial charge in [0, 0.05) is 49.4 Å². The fourth-order valence-electron chi connectivity index (χ4n) is 11.7. The van der Waals surface area contributed by atoms with E-state index in [9.17, 15) is 0 Å². The molecule has 14 rings (SSSR count). The average molecular weight is 908 g/mol. The molecule has 3 aromatic heterocycles. The summed E-state index contributed by atoms with van der Waals surface area (Å²) in [6.07, 6.45) is 0. The molecule has 0 atom stereocenters. The van der Waals surface area contributed by atoms with Crippen LogP contribution in [-0.2, 0) is 0 Å². The number of benzene rings is 11. The number of rotatable bonds is 8. The molecular formula is C66H45N3Si. The highest BCUT2D eigenvalue weighted by Gasteiger charge is 2.41. The molecule has 0 spiro atoms. The molecular weight excluding hydrogens is 863 g/mol. The van der Waals surface area contributed by atoms with E-state index in [2.05, 4.69) is 287 Å². The third-order valence-corrected chi connectivity index (χ3v) is 19.6. The van der Waals surface area contributed by atoms with Gasteiger partial charge in [0.05, 0.1) is 33.1 Å². The summed E-state index contributed by atoms with van der Waals surface area (Å²) in [5, 5.41) is 12.9. The maximum Gasteiger partial charge on any atom is 0.179 e. The van der Waals surface area contributed by atoms with Gasteiger partial charge in [-0.05, 0) is 98.6 Å². The van der Waals surface area contributed by atoms with Crippen molar-refractivity contribution in [1.82, 2.24) is 13.7 Å². The summed E-state index contributed by atoms with van der Waals surface area (Å²) in [6, 6.07) is 101. The van der Waals surface area contributed by atoms with E-state index in [0.717, 1.165) is 17.1 Å². The first-order chi connectivity index (χ1) is 34.7. The molecule has 0 saturated carbocycles. The van der Waals surface area contributed by atoms with Crippen LogP contribution >= 0.6 is 0 Å². The van der Waals surface area contributed by atoms with Gasteiger partial charge in [0.2, 0.25) is 0 Å². The van der Waals surface area contributed by atoms with Gasteiger partial charge in [0.25, 0.3) is 0 Å². The summed E-state index contributed by atoms with van der Waals surface area (Å²) < 4.78 is 7.37. The zero-order valence-electron chi connectivity index (χ0n) is 38.3. The highest BCUT2D eigenvalue weighted by atomic mass is 28.3. The van der Waals surface area contributed by atoms with Gasteiger partial charge in [0.15, 0.2) is 8.07 Å². The Balaban J connectivity index is 0.945. The van der Waals surface area contributed by atoms with Gasteiger partial charge in [-0.1, -0.05) is 206 Å². The lowest BCUT2D eigenvalue weighted by Crippen LogP contribution is -2.74. The largest absolute Gasteiger partial charge is 0.309 e. The Kier molecular flexibility index (Phi) is 9.23. The van der Waals surface area contributed by atoms with Crippen molar-refractivity contribution in [1.29, 1.82) is 0 Å². The summed E-state index contributed by atoms with van der Waals surface area (Å²) >= 11 is 0. The molecule has 0 radical (unpaired) electrons. The number of hydrogen-bond acceptors (Lipinski definition) is 0. The summed E-state index contributed by atoms with van der Waals surface area (Å²) in [5.74, 6) is 0. The summed E-state index contributed by atoms with van der Waals surface area (Å²) in [5.41, 5.74) is 12.9. The first-order valence-electron chi connectivity index (χ1n) is 24.2. The van der Waals surface area contributed by atoms with Crippen LogP contribution in [0, 0.1) is 0 Å². The van der Waals surface area contributed by atoms with Gasteiger partial charge < -0.3 is 13.7 Å². The number of aromatic nitrogens is 3. The lowest BCUT2D eigenvalue weighted by Gasteiger charge is -2.34. The summed E-state index contributed by atoms with van der Waals surface area (Å²) in [4.78, 5) is 0. The lowest BCUT2D eigenvalue weighted by molar-refractivity contribution is 1.15. The van der Waals surface area contributed by atoms with Gasteiger partial charge in [-0.2, -0.15) is 0 Å². The van der Waals surface area contributed by atoms with Crippen LogP contribution < -0.4 is 20.7 Å². The Morgan fingerprint density at radius 1 is 0.200 bits per heavy atom. The molecule has 0 saturated heterocycles. The third kappa shape index (κ3) is 6.07. The van der Waals surface area contributed by atoms with E-state index in [1.807, 2.05) is 0 Å². The molecule has 0 aliphatic rings. The van der Waals surface area contributed by atoms with Gasteiger partial charge in [-0.3, -0.25) is 0 Å². The van der Waals surface area contributed by atoms with Crippen LogP contribution in [0.2, 0.25) is 0 Å². The average Bonchev–Trinajstić information content (AvgIpc) is 4.07. The lowest BCUT2D eigenvalue weighted by atomic mass is 10.0. The molecule has 0 amide bonds. The van der Waals surface area contributed by atoms with E-state index in [1.54, 1.807) is 0 Å². The van der Waals surface area contributed by atoms with Crippen molar-refractivity contribution in [3.8, 4) is 28.2 Å². The van der Waals surface area contributed by atoms with E-state index in [-0.39, 0.29) is 0 Å². The van der Waals surface area contributed by atoms with E-state index >= 15 is 0 Å². The smallest absolute Gasteiger partial charge is 0.179 e. The number of para-hydroxylation sites is 3. The molecule has 70 heavy (non-hydrogen) atoms. The van der Waals surface area contributed by atoms with Crippen LogP contribution in [0.1, 0.15) is 0 Å². The fraction of sp³-hybridized carbons (Fsp3) is 0. The van der Waals surface area contributed by atoms with Gasteiger partial charge in [0.1, 0.15) is 0 Å². The van der Waals surface area contributed by atoms with Crippen LogP contribution in [0.25, 0.3) is 93.6 Å². The Labute approximate surface area is 407 Å². The highest BCUT2D eigenvalue weighted by Crippen LogP contribution is 2.40. The second kappa shape index (κ2) is 16.1. The van der Waals surface area contributed by atoms with Crippen molar-refractivity contribution in [3.63, 3.8) is 0 Å². The van der Waals surface area contributed by atoms with Crippen LogP contribution in [0.3, 0.4) is 0 Å². The van der Waals surface area contributed by atoms with Crippen molar-refractivity contribution in [2.75, 3.05) is 0 Å². The molecule has 328 valence electrons. The highest BCUT2D eigenvalue weighted by molar-refractivity contribution is 7.19. The molecule has 4 heteroatoms. The third-order valence-electron chi connectivity index (χ3n) is 14.8. The first-order valence-corrected chi connectivity index (χ1v) is 26.2. The van der Waals surface area contributed by atoms with Crippen molar-refractivity contribution >= 4 is 94.2 Å². The van der Waals surface area contributed by atoms with Crippen molar-refractivity contribution < 1.29 is 0 Å². The minimum atomic E-state index is -2.69. The molecule has 0 fully saturated rings. The van der Waals surface area contributed by atoms with Crippen molar-refractivity contribution in [3.05, 3.63) is 273 Å². The molecule has 14 aromatic rings. The van der Waals surface area contributed by atoms with E-state index in [1.165, 1.54) is 97.3 Å². The van der Waals surface area contributed by atoms with Gasteiger partial charge in [-0.15, -0.1) is 0 Å². The predicted octanol–water partition coefficient (Wildman–Crippen LogP) is 14.0. The Hall–Kier alpha value is -8.96. The van der Waals surface area contributed by atoms with Gasteiger partial charge >= 0.3 is 0 Å². The SMILES string of the molecule is c1ccc(-c2ccc3c4ccccc4n(-c4ccc5c(c4)c4ccccc4n5-c4ccc5c6ccccc6n(-c6ccc([Si](c7ccccc7)(c7ccccc7)c7ccccc7)cc6)c5c4)c3c2)cc1. The summed E-state index contributed by atoms with van der Waals surface area (Å²) in [6.45, 7) is 0. The predicted molar refractivity (Wildman–Crippen MR) is 299 cm³/mol. The molecule has 0 unspecified atom stereocenters. The number of nitrogens with zero attached hydrogens (tertiary/aromatic N) is 3. The van der Waals surface area contributed by atoms with Crippen LogP contribution in [-0.4, -0.2) is 21.8 Å². The minimum absolute atomic E-state index is 1.13. The maximum atomic E-state index is 2.46. The van der Waals surface area contributed by atoms with Crippen LogP contribution in [0.5, 0.6) is 0 Å². The molecule has 3 nitrogen and oxygen atoms in total. The van der Waals surface area contributed by atoms with Crippen molar-refractivity contribution in [2.24, 2.45) is 0 Å². The Morgan fingerprint density at radius 2 is 0.557 bits per heavy atom.